The molecule has 0 spiro atoms. The average molecular weight is 389 g/mol. The van der Waals surface area contributed by atoms with Gasteiger partial charge in [0.1, 0.15) is 5.75 Å². The number of aryl methyl sites for hydroxylation is 1. The van der Waals surface area contributed by atoms with Crippen LogP contribution in [0.1, 0.15) is 6.92 Å². The van der Waals surface area contributed by atoms with Crippen molar-refractivity contribution in [3.8, 4) is 22.6 Å². The van der Waals surface area contributed by atoms with Gasteiger partial charge in [0.05, 0.1) is 18.0 Å². The van der Waals surface area contributed by atoms with E-state index < -0.39 is 6.36 Å². The molecule has 28 heavy (non-hydrogen) atoms. The number of pyridine rings is 1. The number of nitrogens with zero attached hydrogens (tertiary/aromatic N) is 4. The summed E-state index contributed by atoms with van der Waals surface area (Å²) in [5.41, 5.74) is 2.42. The van der Waals surface area contributed by atoms with Crippen LogP contribution < -0.4 is 10.3 Å². The third-order valence-electron chi connectivity index (χ3n) is 4.27. The first kappa shape index (κ1) is 17.8. The zero-order valence-electron chi connectivity index (χ0n) is 14.6. The van der Waals surface area contributed by atoms with E-state index in [1.54, 1.807) is 24.9 Å². The molecule has 0 amide bonds. The minimum Gasteiger partial charge on any atom is -0.406 e. The van der Waals surface area contributed by atoms with Crippen LogP contribution in [0.15, 0.2) is 54.0 Å². The molecule has 0 atom stereocenters. The molecule has 4 aromatic rings. The molecule has 0 unspecified atom stereocenters. The van der Waals surface area contributed by atoms with Gasteiger partial charge in [-0.15, -0.1) is 13.2 Å². The monoisotopic (exact) mass is 389 g/mol. The minimum absolute atomic E-state index is 0.260. The van der Waals surface area contributed by atoms with E-state index in [1.807, 2.05) is 11.5 Å². The molecule has 0 saturated carbocycles. The van der Waals surface area contributed by atoms with Gasteiger partial charge in [-0.05, 0) is 31.2 Å². The lowest BCUT2D eigenvalue weighted by Gasteiger charge is -2.12. The fraction of sp³-hybridized carbons (Fsp3) is 0.167. The van der Waals surface area contributed by atoms with E-state index >= 15 is 0 Å². The molecule has 3 heterocycles. The molecule has 0 radical (unpaired) electrons. The predicted octanol–water partition coefficient (Wildman–Crippen LogP) is 3.50. The summed E-state index contributed by atoms with van der Waals surface area (Å²) in [6.07, 6.45) is 1.75. The molecule has 4 rings (SSSR count). The summed E-state index contributed by atoms with van der Waals surface area (Å²) < 4.78 is 44.1. The maximum absolute atomic E-state index is 12.9. The smallest absolute Gasteiger partial charge is 0.406 e. The number of hydrogen-bond acceptors (Lipinski definition) is 4. The molecular formula is C18H14F3N5O2. The second kappa shape index (κ2) is 6.55. The molecule has 0 bridgehead atoms. The van der Waals surface area contributed by atoms with E-state index in [0.29, 0.717) is 17.7 Å². The molecule has 0 fully saturated rings. The normalized spacial score (nSPS) is 11.9. The fourth-order valence-electron chi connectivity index (χ4n) is 3.03. The van der Waals surface area contributed by atoms with Gasteiger partial charge in [0.2, 0.25) is 0 Å². The van der Waals surface area contributed by atoms with Crippen LogP contribution >= 0.6 is 0 Å². The molecule has 1 N–H and O–H groups in total. The number of hydrogen-bond donors (Lipinski definition) is 1. The van der Waals surface area contributed by atoms with E-state index in [-0.39, 0.29) is 16.8 Å². The van der Waals surface area contributed by atoms with Gasteiger partial charge in [0.15, 0.2) is 5.52 Å². The van der Waals surface area contributed by atoms with Crippen LogP contribution in [0.4, 0.5) is 13.2 Å². The van der Waals surface area contributed by atoms with E-state index in [0.717, 1.165) is 23.3 Å². The lowest BCUT2D eigenvalue weighted by molar-refractivity contribution is -0.274. The van der Waals surface area contributed by atoms with Crippen LogP contribution in [0.3, 0.4) is 0 Å². The summed E-state index contributed by atoms with van der Waals surface area (Å²) in [5, 5.41) is 6.69. The van der Waals surface area contributed by atoms with Crippen LogP contribution in [0.5, 0.6) is 5.75 Å². The molecule has 7 nitrogen and oxygen atoms in total. The number of fused-ring (bicyclic) bond motifs is 1. The Hall–Kier alpha value is -3.56. The van der Waals surface area contributed by atoms with Gasteiger partial charge in [0.25, 0.3) is 5.56 Å². The summed E-state index contributed by atoms with van der Waals surface area (Å²) in [5.74, 6) is -0.365. The fourth-order valence-corrected chi connectivity index (χ4v) is 3.03. The van der Waals surface area contributed by atoms with E-state index in [4.69, 9.17) is 0 Å². The topological polar surface area (TPSA) is 77.7 Å². The van der Waals surface area contributed by atoms with Crippen molar-refractivity contribution in [2.45, 2.75) is 19.8 Å². The van der Waals surface area contributed by atoms with Crippen LogP contribution in [0.25, 0.3) is 27.8 Å². The lowest BCUT2D eigenvalue weighted by Crippen LogP contribution is -2.19. The van der Waals surface area contributed by atoms with Crippen molar-refractivity contribution < 1.29 is 17.9 Å². The largest absolute Gasteiger partial charge is 0.573 e. The van der Waals surface area contributed by atoms with Gasteiger partial charge in [-0.3, -0.25) is 14.5 Å². The Labute approximate surface area is 156 Å². The lowest BCUT2D eigenvalue weighted by atomic mass is 10.1. The van der Waals surface area contributed by atoms with Crippen molar-refractivity contribution in [2.24, 2.45) is 0 Å². The molecule has 10 heteroatoms. The maximum atomic E-state index is 12.9. The van der Waals surface area contributed by atoms with Crippen molar-refractivity contribution in [3.63, 3.8) is 0 Å². The summed E-state index contributed by atoms with van der Waals surface area (Å²) >= 11 is 0. The average Bonchev–Trinajstić information content (AvgIpc) is 3.32. The maximum Gasteiger partial charge on any atom is 0.573 e. The highest BCUT2D eigenvalue weighted by molar-refractivity contribution is 5.91. The van der Waals surface area contributed by atoms with Crippen LogP contribution in [0.2, 0.25) is 0 Å². The van der Waals surface area contributed by atoms with Crippen molar-refractivity contribution >= 4 is 11.0 Å². The molecule has 0 aliphatic heterocycles. The number of benzene rings is 1. The Bertz CT molecular complexity index is 1180. The third kappa shape index (κ3) is 3.13. The minimum atomic E-state index is -4.78. The van der Waals surface area contributed by atoms with Gasteiger partial charge in [0, 0.05) is 35.8 Å². The number of aromatic nitrogens is 5. The highest BCUT2D eigenvalue weighted by Gasteiger charge is 2.31. The Kier molecular flexibility index (Phi) is 4.17. The number of aromatic amines is 1. The molecule has 0 saturated heterocycles. The zero-order chi connectivity index (χ0) is 19.9. The molecular weight excluding hydrogens is 375 g/mol. The molecule has 0 aliphatic carbocycles. The summed E-state index contributed by atoms with van der Waals surface area (Å²) in [6, 6.07) is 5.07. The highest BCUT2D eigenvalue weighted by atomic mass is 19.4. The summed E-state index contributed by atoms with van der Waals surface area (Å²) in [7, 11) is 0. The van der Waals surface area contributed by atoms with Crippen LogP contribution in [-0.2, 0) is 6.54 Å². The van der Waals surface area contributed by atoms with E-state index in [2.05, 4.69) is 19.9 Å². The predicted molar refractivity (Wildman–Crippen MR) is 95.3 cm³/mol. The molecule has 3 aromatic heterocycles. The number of ether oxygens (including phenoxy) is 1. The number of nitrogens with one attached hydrogen (secondary N) is 1. The first-order valence-electron chi connectivity index (χ1n) is 8.33. The Morgan fingerprint density at radius 3 is 2.57 bits per heavy atom. The van der Waals surface area contributed by atoms with Crippen molar-refractivity contribution in [3.05, 3.63) is 59.5 Å². The van der Waals surface area contributed by atoms with Gasteiger partial charge in [-0.1, -0.05) is 0 Å². The van der Waals surface area contributed by atoms with Crippen molar-refractivity contribution in [1.82, 2.24) is 24.3 Å². The highest BCUT2D eigenvalue weighted by Crippen LogP contribution is 2.28. The van der Waals surface area contributed by atoms with Gasteiger partial charge in [-0.2, -0.15) is 5.10 Å². The van der Waals surface area contributed by atoms with Crippen LogP contribution in [0, 0.1) is 0 Å². The Balaban J connectivity index is 1.89. The first-order chi connectivity index (χ1) is 13.4. The van der Waals surface area contributed by atoms with Crippen molar-refractivity contribution in [1.29, 1.82) is 0 Å². The molecule has 1 aromatic carbocycles. The number of halogens is 3. The summed E-state index contributed by atoms with van der Waals surface area (Å²) in [6.45, 7) is 2.56. The van der Waals surface area contributed by atoms with Gasteiger partial charge >= 0.3 is 6.36 Å². The van der Waals surface area contributed by atoms with E-state index in [1.165, 1.54) is 16.7 Å². The number of H-pyrrole nitrogens is 1. The quantitative estimate of drug-likeness (QED) is 0.580. The molecule has 144 valence electrons. The van der Waals surface area contributed by atoms with Gasteiger partial charge < -0.3 is 9.30 Å². The second-order valence-corrected chi connectivity index (χ2v) is 5.97. The third-order valence-corrected chi connectivity index (χ3v) is 4.27. The number of rotatable bonds is 4. The zero-order valence-corrected chi connectivity index (χ0v) is 14.6. The van der Waals surface area contributed by atoms with E-state index in [9.17, 15) is 18.0 Å². The second-order valence-electron chi connectivity index (χ2n) is 5.97. The summed E-state index contributed by atoms with van der Waals surface area (Å²) in [4.78, 5) is 17.2. The first-order valence-corrected chi connectivity index (χ1v) is 8.33. The number of imidazole rings is 1. The van der Waals surface area contributed by atoms with Gasteiger partial charge in [-0.25, -0.2) is 4.98 Å². The van der Waals surface area contributed by atoms with Crippen LogP contribution in [-0.4, -0.2) is 30.7 Å². The SMILES string of the molecule is CCn1cnc2c(=O)n(-c3ccc(OC(F)(F)F)cc3)cc(-c3cn[nH]c3)c21. The Morgan fingerprint density at radius 2 is 1.96 bits per heavy atom. The Morgan fingerprint density at radius 1 is 1.21 bits per heavy atom. The number of alkyl halides is 3. The molecule has 0 aliphatic rings. The standard InChI is InChI=1S/C18H14F3N5O2/c1-2-25-10-22-15-16(25)14(11-7-23-24-8-11)9-26(17(15)27)12-3-5-13(6-4-12)28-18(19,20)21/h3-10H,2H2,1H3,(H,23,24). The van der Waals surface area contributed by atoms with Crippen molar-refractivity contribution in [2.75, 3.05) is 0 Å².